The van der Waals surface area contributed by atoms with Gasteiger partial charge in [0.2, 0.25) is 0 Å². The van der Waals surface area contributed by atoms with Crippen LogP contribution in [0, 0.1) is 5.41 Å². The number of hydrogen-bond donors (Lipinski definition) is 2. The molecule has 1 aromatic carbocycles. The number of aromatic nitrogens is 1. The monoisotopic (exact) mass is 423 g/mol. The number of piperidine rings is 1. The largest absolute Gasteiger partial charge is 0.462 e. The highest BCUT2D eigenvalue weighted by Crippen LogP contribution is 2.56. The highest BCUT2D eigenvalue weighted by molar-refractivity contribution is 6.17. The fourth-order valence-corrected chi connectivity index (χ4v) is 5.90. The van der Waals surface area contributed by atoms with E-state index >= 15 is 0 Å². The molecule has 0 radical (unpaired) electrons. The standard InChI is InChI=1S/C24H29N3O4/c1-2-24-9-5-10-26-11-8-17-16-6-3-4-7-18(16)27(21(17)22(24)26)19(14-24)23(30)25-15-20(29)31-13-12-28/h3-4,6-7,14,22,28H,2,5,8-13,15H2,1H3,(H,25,30)/t22-,24+/m1/s1. The summed E-state index contributed by atoms with van der Waals surface area (Å²) in [5.41, 5.74) is 4.19. The molecule has 7 nitrogen and oxygen atoms in total. The molecule has 2 N–H and O–H groups in total. The van der Waals surface area contributed by atoms with Crippen LogP contribution in [0.1, 0.15) is 43.5 Å². The van der Waals surface area contributed by atoms with Crippen LogP contribution in [-0.2, 0) is 20.7 Å². The number of aliphatic hydroxyl groups excluding tert-OH is 1. The highest BCUT2D eigenvalue weighted by Gasteiger charge is 2.50. The van der Waals surface area contributed by atoms with Crippen molar-refractivity contribution < 1.29 is 19.4 Å². The average molecular weight is 424 g/mol. The van der Waals surface area contributed by atoms with Crippen molar-refractivity contribution in [3.05, 3.63) is 41.6 Å². The van der Waals surface area contributed by atoms with Gasteiger partial charge in [0, 0.05) is 23.0 Å². The van der Waals surface area contributed by atoms with E-state index in [1.807, 2.05) is 6.07 Å². The van der Waals surface area contributed by atoms with Gasteiger partial charge < -0.3 is 19.7 Å². The Kier molecular flexibility index (Phi) is 5.10. The predicted octanol–water partition coefficient (Wildman–Crippen LogP) is 2.24. The third-order valence-electron chi connectivity index (χ3n) is 7.23. The Balaban J connectivity index is 1.60. The van der Waals surface area contributed by atoms with E-state index in [0.717, 1.165) is 44.3 Å². The Hall–Kier alpha value is -2.64. The van der Waals surface area contributed by atoms with Crippen molar-refractivity contribution in [1.29, 1.82) is 0 Å². The van der Waals surface area contributed by atoms with E-state index in [9.17, 15) is 9.59 Å². The van der Waals surface area contributed by atoms with E-state index in [2.05, 4.69) is 46.0 Å². The Bertz CT molecular complexity index is 1070. The number of nitrogens with one attached hydrogen (secondary N) is 1. The Labute approximate surface area is 181 Å². The van der Waals surface area contributed by atoms with E-state index in [-0.39, 0.29) is 37.1 Å². The molecule has 0 saturated carbocycles. The van der Waals surface area contributed by atoms with Gasteiger partial charge in [0.1, 0.15) is 18.8 Å². The summed E-state index contributed by atoms with van der Waals surface area (Å²) in [6, 6.07) is 8.60. The molecule has 1 saturated heterocycles. The van der Waals surface area contributed by atoms with Crippen LogP contribution >= 0.6 is 0 Å². The highest BCUT2D eigenvalue weighted by atomic mass is 16.5. The molecule has 1 fully saturated rings. The molecular weight excluding hydrogens is 394 g/mol. The van der Waals surface area contributed by atoms with Crippen molar-refractivity contribution in [2.75, 3.05) is 32.8 Å². The van der Waals surface area contributed by atoms with Gasteiger partial charge in [-0.05, 0) is 49.9 Å². The quantitative estimate of drug-likeness (QED) is 0.697. The number of carbonyl (C=O) groups excluding carboxylic acids is 2. The number of ether oxygens (including phenoxy) is 1. The second-order valence-electron chi connectivity index (χ2n) is 8.75. The zero-order valence-electron chi connectivity index (χ0n) is 17.9. The van der Waals surface area contributed by atoms with Crippen LogP contribution in [0.4, 0.5) is 0 Å². The number of carbonyl (C=O) groups is 2. The van der Waals surface area contributed by atoms with E-state index in [0.29, 0.717) is 5.70 Å². The molecule has 0 unspecified atom stereocenters. The van der Waals surface area contributed by atoms with Crippen LogP contribution < -0.4 is 5.32 Å². The molecule has 0 spiro atoms. The number of benzene rings is 1. The van der Waals surface area contributed by atoms with Crippen LogP contribution in [0.2, 0.25) is 0 Å². The number of fused-ring (bicyclic) bond motifs is 3. The molecule has 0 aliphatic carbocycles. The van der Waals surface area contributed by atoms with Crippen molar-refractivity contribution in [3.63, 3.8) is 0 Å². The second kappa shape index (κ2) is 7.80. The molecule has 31 heavy (non-hydrogen) atoms. The minimum Gasteiger partial charge on any atom is -0.462 e. The molecule has 7 heteroatoms. The van der Waals surface area contributed by atoms with Gasteiger partial charge in [0.05, 0.1) is 18.2 Å². The molecule has 5 rings (SSSR count). The first kappa shape index (κ1) is 20.3. The number of esters is 1. The van der Waals surface area contributed by atoms with Gasteiger partial charge in [-0.25, -0.2) is 0 Å². The summed E-state index contributed by atoms with van der Waals surface area (Å²) in [6.07, 6.45) is 6.30. The molecule has 164 valence electrons. The van der Waals surface area contributed by atoms with Gasteiger partial charge in [-0.2, -0.15) is 0 Å². The van der Waals surface area contributed by atoms with Crippen molar-refractivity contribution in [3.8, 4) is 0 Å². The van der Waals surface area contributed by atoms with Crippen LogP contribution in [0.25, 0.3) is 16.6 Å². The van der Waals surface area contributed by atoms with Crippen LogP contribution in [0.3, 0.4) is 0 Å². The maximum Gasteiger partial charge on any atom is 0.325 e. The van der Waals surface area contributed by atoms with Crippen molar-refractivity contribution in [2.45, 2.75) is 38.6 Å². The average Bonchev–Trinajstić information content (AvgIpc) is 3.15. The first-order chi connectivity index (χ1) is 15.1. The van der Waals surface area contributed by atoms with Crippen molar-refractivity contribution in [2.24, 2.45) is 5.41 Å². The van der Waals surface area contributed by atoms with Gasteiger partial charge >= 0.3 is 5.97 Å². The lowest BCUT2D eigenvalue weighted by atomic mass is 9.66. The first-order valence-corrected chi connectivity index (χ1v) is 11.2. The lowest BCUT2D eigenvalue weighted by Crippen LogP contribution is -2.51. The zero-order chi connectivity index (χ0) is 21.6. The van der Waals surface area contributed by atoms with E-state index < -0.39 is 5.97 Å². The van der Waals surface area contributed by atoms with Gasteiger partial charge in [-0.1, -0.05) is 25.1 Å². The molecule has 3 aliphatic rings. The van der Waals surface area contributed by atoms with Crippen molar-refractivity contribution >= 4 is 28.5 Å². The Morgan fingerprint density at radius 2 is 2.13 bits per heavy atom. The minimum absolute atomic E-state index is 0.0659. The van der Waals surface area contributed by atoms with Gasteiger partial charge in [-0.3, -0.25) is 14.5 Å². The summed E-state index contributed by atoms with van der Waals surface area (Å²) in [4.78, 5) is 27.8. The lowest BCUT2D eigenvalue weighted by molar-refractivity contribution is -0.144. The Morgan fingerprint density at radius 1 is 1.29 bits per heavy atom. The molecule has 2 aromatic rings. The van der Waals surface area contributed by atoms with Gasteiger partial charge in [-0.15, -0.1) is 0 Å². The number of rotatable bonds is 6. The summed E-state index contributed by atoms with van der Waals surface area (Å²) in [7, 11) is 0. The maximum atomic E-state index is 13.4. The smallest absolute Gasteiger partial charge is 0.325 e. The number of aliphatic hydroxyl groups is 1. The SMILES string of the molecule is CC[C@@]12C=C(C(=O)NCC(=O)OCCO)n3c4c(c5ccccc53)CCN(CCC1)[C@H]42. The third kappa shape index (κ3) is 3.10. The second-order valence-corrected chi connectivity index (χ2v) is 8.75. The van der Waals surface area contributed by atoms with Gasteiger partial charge in [0.25, 0.3) is 5.91 Å². The van der Waals surface area contributed by atoms with E-state index in [4.69, 9.17) is 9.84 Å². The molecule has 2 atom stereocenters. The van der Waals surface area contributed by atoms with Crippen LogP contribution in [0.5, 0.6) is 0 Å². The summed E-state index contributed by atoms with van der Waals surface area (Å²) in [5.74, 6) is -0.816. The number of amides is 1. The molecule has 3 aliphatic heterocycles. The summed E-state index contributed by atoms with van der Waals surface area (Å²) < 4.78 is 7.02. The zero-order valence-corrected chi connectivity index (χ0v) is 17.9. The fourth-order valence-electron chi connectivity index (χ4n) is 5.90. The predicted molar refractivity (Wildman–Crippen MR) is 117 cm³/mol. The number of nitrogens with zero attached hydrogens (tertiary/aromatic N) is 2. The Morgan fingerprint density at radius 3 is 2.94 bits per heavy atom. The van der Waals surface area contributed by atoms with Crippen molar-refractivity contribution in [1.82, 2.24) is 14.8 Å². The summed E-state index contributed by atoms with van der Waals surface area (Å²) in [5, 5.41) is 12.8. The van der Waals surface area contributed by atoms with Crippen LogP contribution in [0.15, 0.2) is 30.3 Å². The number of para-hydroxylation sites is 1. The van der Waals surface area contributed by atoms with Crippen LogP contribution in [-0.4, -0.2) is 59.3 Å². The summed E-state index contributed by atoms with van der Waals surface area (Å²) >= 11 is 0. The van der Waals surface area contributed by atoms with E-state index in [1.54, 1.807) is 0 Å². The lowest BCUT2D eigenvalue weighted by Gasteiger charge is -2.53. The topological polar surface area (TPSA) is 83.8 Å². The minimum atomic E-state index is -0.551. The molecule has 1 aromatic heterocycles. The maximum absolute atomic E-state index is 13.4. The van der Waals surface area contributed by atoms with Gasteiger partial charge in [0.15, 0.2) is 0 Å². The first-order valence-electron chi connectivity index (χ1n) is 11.2. The number of hydrogen-bond acceptors (Lipinski definition) is 5. The normalized spacial score (nSPS) is 24.5. The molecule has 0 bridgehead atoms. The fraction of sp³-hybridized carbons (Fsp3) is 0.500. The molecule has 1 amide bonds. The molecular formula is C24H29N3O4. The molecule has 4 heterocycles. The third-order valence-corrected chi connectivity index (χ3v) is 7.23. The van der Waals surface area contributed by atoms with E-state index in [1.165, 1.54) is 16.6 Å². The summed E-state index contributed by atoms with van der Waals surface area (Å²) in [6.45, 7) is 3.85.